The van der Waals surface area contributed by atoms with Crippen LogP contribution in [0, 0.1) is 18.3 Å². The molecular formula is C21H26ClNO2. The Labute approximate surface area is 155 Å². The molecule has 0 aromatic heterocycles. The first-order valence-corrected chi connectivity index (χ1v) is 9.60. The maximum atomic E-state index is 13.4. The van der Waals surface area contributed by atoms with E-state index in [1.165, 1.54) is 0 Å². The van der Waals surface area contributed by atoms with Crippen molar-refractivity contribution < 1.29 is 9.53 Å². The smallest absolute Gasteiger partial charge is 0.233 e. The number of carbonyl (C=O) groups is 1. The van der Waals surface area contributed by atoms with E-state index < -0.39 is 0 Å². The molecule has 0 bridgehead atoms. The zero-order valence-electron chi connectivity index (χ0n) is 14.7. The van der Waals surface area contributed by atoms with Gasteiger partial charge in [0.15, 0.2) is 0 Å². The molecule has 1 saturated heterocycles. The summed E-state index contributed by atoms with van der Waals surface area (Å²) in [5.41, 5.74) is 0.774. The number of carbonyl (C=O) groups excluding carboxylic acids is 1. The number of ether oxygens (including phenoxy) is 1. The number of likely N-dealkylation sites (tertiary alicyclic amines) is 1. The Kier molecular flexibility index (Phi) is 6.04. The van der Waals surface area contributed by atoms with Gasteiger partial charge in [0.1, 0.15) is 6.61 Å². The number of halogens is 1. The van der Waals surface area contributed by atoms with Crippen LogP contribution in [0.25, 0.3) is 0 Å². The molecule has 3 nitrogen and oxygen atoms in total. The average Bonchev–Trinajstić information content (AvgIpc) is 3.13. The highest BCUT2D eigenvalue weighted by Gasteiger charge is 2.45. The Morgan fingerprint density at radius 3 is 2.48 bits per heavy atom. The second kappa shape index (κ2) is 8.25. The number of terminal acetylenes is 1. The van der Waals surface area contributed by atoms with Crippen molar-refractivity contribution in [3.63, 3.8) is 0 Å². The number of benzene rings is 1. The first-order valence-electron chi connectivity index (χ1n) is 9.22. The van der Waals surface area contributed by atoms with Gasteiger partial charge >= 0.3 is 0 Å². The Morgan fingerprint density at radius 1 is 1.24 bits per heavy atom. The van der Waals surface area contributed by atoms with Crippen molar-refractivity contribution in [3.05, 3.63) is 34.9 Å². The predicted molar refractivity (Wildman–Crippen MR) is 101 cm³/mol. The second-order valence-electron chi connectivity index (χ2n) is 7.25. The van der Waals surface area contributed by atoms with Crippen LogP contribution in [-0.2, 0) is 14.9 Å². The van der Waals surface area contributed by atoms with Crippen LogP contribution in [-0.4, -0.2) is 37.1 Å². The molecule has 1 heterocycles. The van der Waals surface area contributed by atoms with Gasteiger partial charge in [0.25, 0.3) is 0 Å². The highest BCUT2D eigenvalue weighted by atomic mass is 35.5. The quantitative estimate of drug-likeness (QED) is 0.586. The van der Waals surface area contributed by atoms with Gasteiger partial charge in [-0.25, -0.2) is 0 Å². The van der Waals surface area contributed by atoms with Crippen molar-refractivity contribution in [2.45, 2.75) is 43.9 Å². The molecule has 1 aliphatic heterocycles. The molecule has 4 heteroatoms. The van der Waals surface area contributed by atoms with Gasteiger partial charge in [-0.3, -0.25) is 4.79 Å². The molecule has 0 radical (unpaired) electrons. The van der Waals surface area contributed by atoms with Crippen LogP contribution in [0.1, 0.15) is 44.1 Å². The molecule has 25 heavy (non-hydrogen) atoms. The maximum absolute atomic E-state index is 13.4. The molecule has 2 fully saturated rings. The summed E-state index contributed by atoms with van der Waals surface area (Å²) < 4.78 is 5.47. The molecule has 1 aromatic rings. The monoisotopic (exact) mass is 359 g/mol. The van der Waals surface area contributed by atoms with Crippen LogP contribution >= 0.6 is 11.6 Å². The molecule has 1 amide bonds. The normalized spacial score (nSPS) is 20.4. The van der Waals surface area contributed by atoms with Gasteiger partial charge in [0, 0.05) is 18.1 Å². The number of amides is 1. The molecule has 0 unspecified atom stereocenters. The fourth-order valence-corrected chi connectivity index (χ4v) is 4.39. The predicted octanol–water partition coefficient (Wildman–Crippen LogP) is 4.04. The first-order chi connectivity index (χ1) is 12.2. The summed E-state index contributed by atoms with van der Waals surface area (Å²) in [4.78, 5) is 15.5. The average molecular weight is 360 g/mol. The zero-order chi connectivity index (χ0) is 17.7. The number of nitrogens with zero attached hydrogens (tertiary/aromatic N) is 1. The number of hydrogen-bond donors (Lipinski definition) is 0. The van der Waals surface area contributed by atoms with Crippen LogP contribution in [0.5, 0.6) is 0 Å². The fraction of sp³-hybridized carbons (Fsp3) is 0.571. The second-order valence-corrected chi connectivity index (χ2v) is 7.69. The van der Waals surface area contributed by atoms with Gasteiger partial charge in [-0.1, -0.05) is 42.5 Å². The van der Waals surface area contributed by atoms with Gasteiger partial charge < -0.3 is 9.64 Å². The van der Waals surface area contributed by atoms with Crippen LogP contribution in [0.4, 0.5) is 0 Å². The van der Waals surface area contributed by atoms with Gasteiger partial charge in [0.05, 0.1) is 12.0 Å². The third-order valence-electron chi connectivity index (χ3n) is 5.70. The Hall–Kier alpha value is -1.50. The van der Waals surface area contributed by atoms with Crippen molar-refractivity contribution in [3.8, 4) is 12.3 Å². The zero-order valence-corrected chi connectivity index (χ0v) is 15.4. The maximum Gasteiger partial charge on any atom is 0.233 e. The molecule has 3 rings (SSSR count). The van der Waals surface area contributed by atoms with Gasteiger partial charge in [-0.2, -0.15) is 0 Å². The molecule has 0 atom stereocenters. The van der Waals surface area contributed by atoms with Crippen LogP contribution in [0.2, 0.25) is 5.02 Å². The molecule has 134 valence electrons. The first kappa shape index (κ1) is 18.3. The number of piperidine rings is 1. The minimum atomic E-state index is -0.350. The van der Waals surface area contributed by atoms with E-state index in [0.717, 1.165) is 62.2 Å². The lowest BCUT2D eigenvalue weighted by Crippen LogP contribution is -2.49. The van der Waals surface area contributed by atoms with Crippen molar-refractivity contribution in [2.75, 3.05) is 26.3 Å². The van der Waals surface area contributed by atoms with Gasteiger partial charge in [-0.15, -0.1) is 6.42 Å². The van der Waals surface area contributed by atoms with E-state index in [2.05, 4.69) is 10.8 Å². The highest BCUT2D eigenvalue weighted by Crippen LogP contribution is 2.43. The summed E-state index contributed by atoms with van der Waals surface area (Å²) in [7, 11) is 0. The van der Waals surface area contributed by atoms with E-state index >= 15 is 0 Å². The van der Waals surface area contributed by atoms with E-state index in [1.807, 2.05) is 24.3 Å². The largest absolute Gasteiger partial charge is 0.369 e. The van der Waals surface area contributed by atoms with Crippen LogP contribution < -0.4 is 0 Å². The molecular weight excluding hydrogens is 334 g/mol. The molecule has 0 spiro atoms. The van der Waals surface area contributed by atoms with E-state index in [9.17, 15) is 4.79 Å². The molecule has 1 aliphatic carbocycles. The van der Waals surface area contributed by atoms with Gasteiger partial charge in [-0.05, 0) is 49.3 Å². The Balaban J connectivity index is 1.66. The fourth-order valence-electron chi connectivity index (χ4n) is 4.26. The summed E-state index contributed by atoms with van der Waals surface area (Å²) >= 11 is 6.04. The molecule has 1 saturated carbocycles. The minimum Gasteiger partial charge on any atom is -0.369 e. The topological polar surface area (TPSA) is 29.5 Å². The minimum absolute atomic E-state index is 0.301. The van der Waals surface area contributed by atoms with Crippen molar-refractivity contribution in [1.82, 2.24) is 4.90 Å². The number of hydrogen-bond acceptors (Lipinski definition) is 2. The Bertz CT molecular complexity index is 620. The number of rotatable bonds is 5. The summed E-state index contributed by atoms with van der Waals surface area (Å²) in [5, 5.41) is 0.720. The van der Waals surface area contributed by atoms with E-state index in [4.69, 9.17) is 22.8 Å². The van der Waals surface area contributed by atoms with Crippen LogP contribution in [0.3, 0.4) is 0 Å². The molecule has 1 aromatic carbocycles. The summed E-state index contributed by atoms with van der Waals surface area (Å²) in [6.07, 6.45) is 11.3. The summed E-state index contributed by atoms with van der Waals surface area (Å²) in [6.45, 7) is 2.71. The van der Waals surface area contributed by atoms with Crippen molar-refractivity contribution in [1.29, 1.82) is 0 Å². The molecule has 2 aliphatic rings. The van der Waals surface area contributed by atoms with E-state index in [0.29, 0.717) is 25.0 Å². The van der Waals surface area contributed by atoms with Crippen LogP contribution in [0.15, 0.2) is 24.3 Å². The third kappa shape index (κ3) is 4.02. The van der Waals surface area contributed by atoms with Crippen molar-refractivity contribution >= 4 is 17.5 Å². The third-order valence-corrected chi connectivity index (χ3v) is 5.96. The molecule has 0 N–H and O–H groups in total. The van der Waals surface area contributed by atoms with Crippen molar-refractivity contribution in [2.24, 2.45) is 5.92 Å². The van der Waals surface area contributed by atoms with E-state index in [1.54, 1.807) is 0 Å². The Morgan fingerprint density at radius 2 is 1.88 bits per heavy atom. The van der Waals surface area contributed by atoms with E-state index in [-0.39, 0.29) is 5.41 Å². The standard InChI is InChI=1S/C21H26ClNO2/c1-2-15-25-16-17-9-13-23(14-10-17)20(24)21(11-3-4-12-21)18-5-7-19(22)8-6-18/h1,5-8,17H,3-4,9-16H2. The summed E-state index contributed by atoms with van der Waals surface area (Å²) in [5.74, 6) is 3.31. The summed E-state index contributed by atoms with van der Waals surface area (Å²) in [6, 6.07) is 7.87. The highest BCUT2D eigenvalue weighted by molar-refractivity contribution is 6.30. The van der Waals surface area contributed by atoms with Gasteiger partial charge in [0.2, 0.25) is 5.91 Å². The lowest BCUT2D eigenvalue weighted by Gasteiger charge is -2.38. The SMILES string of the molecule is C#CCOCC1CCN(C(=O)C2(c3ccc(Cl)cc3)CCCC2)CC1. The lowest BCUT2D eigenvalue weighted by molar-refractivity contribution is -0.139. The lowest BCUT2D eigenvalue weighted by atomic mass is 9.77.